The van der Waals surface area contributed by atoms with Gasteiger partial charge in [0.2, 0.25) is 0 Å². The maximum absolute atomic E-state index is 6.92. The van der Waals surface area contributed by atoms with E-state index in [1.165, 1.54) is 32.6 Å². The molecule has 7 aromatic carbocycles. The molecule has 0 radical (unpaired) electrons. The van der Waals surface area contributed by atoms with Crippen LogP contribution in [0.2, 0.25) is 0 Å². The number of nitrogens with zero attached hydrogens (tertiary/aromatic N) is 3. The highest BCUT2D eigenvalue weighted by Crippen LogP contribution is 2.40. The summed E-state index contributed by atoms with van der Waals surface area (Å²) in [4.78, 5) is 5.12. The molecular weight excluding hydrogens is 585 g/mol. The van der Waals surface area contributed by atoms with Crippen LogP contribution in [-0.4, -0.2) is 15.0 Å². The average molecular weight is 617 g/mol. The van der Waals surface area contributed by atoms with Gasteiger partial charge in [0.15, 0.2) is 0 Å². The van der Waals surface area contributed by atoms with Gasteiger partial charge in [0.1, 0.15) is 12.5 Å². The third-order valence-corrected chi connectivity index (χ3v) is 9.40. The highest BCUT2D eigenvalue weighted by Gasteiger charge is 2.20. The largest absolute Gasteiger partial charge is 0.383 e. The van der Waals surface area contributed by atoms with Crippen molar-refractivity contribution in [2.45, 2.75) is 6.67 Å². The van der Waals surface area contributed by atoms with Gasteiger partial charge in [0.25, 0.3) is 0 Å². The Morgan fingerprint density at radius 2 is 0.958 bits per heavy atom. The first-order valence-corrected chi connectivity index (χ1v) is 16.3. The maximum Gasteiger partial charge on any atom is 0.127 e. The zero-order chi connectivity index (χ0) is 32.0. The zero-order valence-corrected chi connectivity index (χ0v) is 26.3. The van der Waals surface area contributed by atoms with E-state index in [0.717, 1.165) is 44.5 Å². The Kier molecular flexibility index (Phi) is 6.65. The third kappa shape index (κ3) is 4.57. The molecule has 2 heterocycles. The molecule has 2 N–H and O–H groups in total. The minimum Gasteiger partial charge on any atom is -0.383 e. The van der Waals surface area contributed by atoms with E-state index in [9.17, 15) is 0 Å². The number of benzene rings is 7. The molecule has 0 bridgehead atoms. The van der Waals surface area contributed by atoms with Gasteiger partial charge < -0.3 is 14.9 Å². The minimum absolute atomic E-state index is 0.376. The molecule has 0 atom stereocenters. The molecule has 0 saturated carbocycles. The number of rotatable bonds is 6. The highest BCUT2D eigenvalue weighted by atomic mass is 15.1. The van der Waals surface area contributed by atoms with Gasteiger partial charge in [-0.1, -0.05) is 127 Å². The Labute approximate surface area is 278 Å². The van der Waals surface area contributed by atoms with Crippen LogP contribution in [-0.2, 0) is 6.67 Å². The summed E-state index contributed by atoms with van der Waals surface area (Å²) in [6, 6.07) is 59.9. The summed E-state index contributed by atoms with van der Waals surface area (Å²) < 4.78 is 4.72. The number of hydrogen-bond acceptors (Lipinski definition) is 1. The second-order valence-corrected chi connectivity index (χ2v) is 12.2. The second-order valence-electron chi connectivity index (χ2n) is 12.2. The van der Waals surface area contributed by atoms with Crippen molar-refractivity contribution >= 4 is 49.4 Å². The van der Waals surface area contributed by atoms with Crippen LogP contribution in [0, 0.1) is 0 Å². The Morgan fingerprint density at radius 3 is 1.58 bits per heavy atom. The summed E-state index contributed by atoms with van der Waals surface area (Å²) in [5.41, 5.74) is 18.1. The van der Waals surface area contributed by atoms with Crippen LogP contribution in [0.4, 0.5) is 0 Å². The van der Waals surface area contributed by atoms with E-state index in [-0.39, 0.29) is 0 Å². The van der Waals surface area contributed by atoms with Crippen molar-refractivity contribution in [1.29, 1.82) is 0 Å². The normalized spacial score (nSPS) is 12.0. The van der Waals surface area contributed by atoms with Crippen molar-refractivity contribution < 1.29 is 0 Å². The van der Waals surface area contributed by atoms with E-state index in [4.69, 9.17) is 10.7 Å². The fourth-order valence-corrected chi connectivity index (χ4v) is 7.19. The minimum atomic E-state index is 0.376. The summed E-state index contributed by atoms with van der Waals surface area (Å²) in [5.74, 6) is 0.506. The fourth-order valence-electron chi connectivity index (χ4n) is 7.19. The summed E-state index contributed by atoms with van der Waals surface area (Å²) in [6.45, 7) is 0.376. The van der Waals surface area contributed by atoms with Gasteiger partial charge in [-0.2, -0.15) is 0 Å². The smallest absolute Gasteiger partial charge is 0.127 e. The maximum atomic E-state index is 6.92. The Morgan fingerprint density at radius 1 is 0.458 bits per heavy atom. The lowest BCUT2D eigenvalue weighted by molar-refractivity contribution is 0.792. The van der Waals surface area contributed by atoms with Crippen LogP contribution >= 0.6 is 0 Å². The van der Waals surface area contributed by atoms with E-state index >= 15 is 0 Å². The SMILES string of the molecule is N/C(=N\Cn1c2ccccc2c2ccc3c4ccccc4n(-c4ccccc4)c3c21)c1cc(-c2ccccc2)cc(-c2ccccc2)c1. The van der Waals surface area contributed by atoms with E-state index in [0.29, 0.717) is 12.5 Å². The second kappa shape index (κ2) is 11.4. The van der Waals surface area contributed by atoms with Gasteiger partial charge in [-0.05, 0) is 64.7 Å². The average Bonchev–Trinajstić information content (AvgIpc) is 3.67. The number of para-hydroxylation sites is 3. The Hall–Kier alpha value is -6.39. The Bertz CT molecular complexity index is 2570. The molecule has 228 valence electrons. The lowest BCUT2D eigenvalue weighted by Crippen LogP contribution is -2.15. The summed E-state index contributed by atoms with van der Waals surface area (Å²) >= 11 is 0. The van der Waals surface area contributed by atoms with Gasteiger partial charge in [0, 0.05) is 32.8 Å². The van der Waals surface area contributed by atoms with Crippen molar-refractivity contribution in [3.63, 3.8) is 0 Å². The van der Waals surface area contributed by atoms with Crippen molar-refractivity contribution in [2.24, 2.45) is 10.7 Å². The molecule has 0 spiro atoms. The van der Waals surface area contributed by atoms with Crippen LogP contribution in [0.5, 0.6) is 0 Å². The molecule has 0 fully saturated rings. The van der Waals surface area contributed by atoms with Gasteiger partial charge in [-0.25, -0.2) is 4.99 Å². The predicted octanol–water partition coefficient (Wildman–Crippen LogP) is 10.6. The fraction of sp³-hybridized carbons (Fsp3) is 0.0227. The topological polar surface area (TPSA) is 48.2 Å². The molecule has 2 aromatic heterocycles. The Balaban J connectivity index is 1.26. The number of aromatic nitrogens is 2. The molecule has 48 heavy (non-hydrogen) atoms. The molecule has 0 unspecified atom stereocenters. The monoisotopic (exact) mass is 616 g/mol. The molecule has 9 aromatic rings. The quantitative estimate of drug-likeness (QED) is 0.147. The van der Waals surface area contributed by atoms with Crippen LogP contribution in [0.3, 0.4) is 0 Å². The molecule has 9 rings (SSSR count). The molecule has 4 nitrogen and oxygen atoms in total. The third-order valence-electron chi connectivity index (χ3n) is 9.40. The number of nitrogens with two attached hydrogens (primary N) is 1. The predicted molar refractivity (Wildman–Crippen MR) is 202 cm³/mol. The van der Waals surface area contributed by atoms with Gasteiger partial charge >= 0.3 is 0 Å². The van der Waals surface area contributed by atoms with E-state index in [1.54, 1.807) is 0 Å². The van der Waals surface area contributed by atoms with E-state index in [2.05, 4.69) is 167 Å². The van der Waals surface area contributed by atoms with E-state index < -0.39 is 0 Å². The van der Waals surface area contributed by atoms with Gasteiger partial charge in [0.05, 0.1) is 22.1 Å². The van der Waals surface area contributed by atoms with Crippen LogP contribution < -0.4 is 5.73 Å². The lowest BCUT2D eigenvalue weighted by atomic mass is 9.96. The molecule has 4 heteroatoms. The van der Waals surface area contributed by atoms with Crippen molar-refractivity contribution in [1.82, 2.24) is 9.13 Å². The number of hydrogen-bond donors (Lipinski definition) is 1. The van der Waals surface area contributed by atoms with Crippen LogP contribution in [0.15, 0.2) is 175 Å². The number of aliphatic imine (C=N–C) groups is 1. The van der Waals surface area contributed by atoms with Gasteiger partial charge in [-0.3, -0.25) is 0 Å². The summed E-state index contributed by atoms with van der Waals surface area (Å²) in [5, 5.41) is 4.84. The standard InChI is InChI=1S/C44H32N4/c45-44(34-27-32(30-14-4-1-5-15-30)26-33(28-34)31-16-6-2-7-17-31)46-29-47-40-22-12-10-20-36(40)38-24-25-39-37-21-11-13-23-41(37)48(43(39)42(38)47)35-18-8-3-9-19-35/h1-28H,29H2,(H2,45,46). The number of amidine groups is 1. The summed E-state index contributed by atoms with van der Waals surface area (Å²) in [7, 11) is 0. The number of fused-ring (bicyclic) bond motifs is 7. The van der Waals surface area contributed by atoms with E-state index in [1.807, 2.05) is 12.1 Å². The first kappa shape index (κ1) is 27.9. The molecule has 0 aliphatic heterocycles. The van der Waals surface area contributed by atoms with Crippen molar-refractivity contribution in [3.8, 4) is 27.9 Å². The van der Waals surface area contributed by atoms with Crippen molar-refractivity contribution in [3.05, 3.63) is 175 Å². The van der Waals surface area contributed by atoms with Crippen LogP contribution in [0.1, 0.15) is 5.56 Å². The summed E-state index contributed by atoms with van der Waals surface area (Å²) in [6.07, 6.45) is 0. The highest BCUT2D eigenvalue weighted by molar-refractivity contribution is 6.23. The molecule has 0 amide bonds. The molecular formula is C44H32N4. The first-order valence-electron chi connectivity index (χ1n) is 16.3. The van der Waals surface area contributed by atoms with Crippen molar-refractivity contribution in [2.75, 3.05) is 0 Å². The zero-order valence-electron chi connectivity index (χ0n) is 26.3. The molecule has 0 aliphatic rings. The molecule has 0 saturated heterocycles. The molecule has 0 aliphatic carbocycles. The lowest BCUT2D eigenvalue weighted by Gasteiger charge is -2.13. The first-order chi connectivity index (χ1) is 23.7. The van der Waals surface area contributed by atoms with Gasteiger partial charge in [-0.15, -0.1) is 0 Å². The van der Waals surface area contributed by atoms with Crippen LogP contribution in [0.25, 0.3) is 71.6 Å².